The maximum absolute atomic E-state index is 12.6. The number of hydrogen-bond acceptors (Lipinski definition) is 5. The second-order valence-corrected chi connectivity index (χ2v) is 7.12. The molecule has 1 aliphatic rings. The van der Waals surface area contributed by atoms with Gasteiger partial charge in [-0.05, 0) is 24.3 Å². The summed E-state index contributed by atoms with van der Waals surface area (Å²) in [4.78, 5) is 24.2. The highest BCUT2D eigenvalue weighted by atomic mass is 32.2. The van der Waals surface area contributed by atoms with Gasteiger partial charge in [-0.1, -0.05) is 12.1 Å². The third-order valence-corrected chi connectivity index (χ3v) is 5.38. The molecule has 8 heteroatoms. The van der Waals surface area contributed by atoms with Gasteiger partial charge in [0.15, 0.2) is 9.84 Å². The van der Waals surface area contributed by atoms with Gasteiger partial charge in [-0.15, -0.1) is 0 Å². The zero-order chi connectivity index (χ0) is 16.6. The normalized spacial score (nSPS) is 15.7. The van der Waals surface area contributed by atoms with Gasteiger partial charge in [0.2, 0.25) is 0 Å². The Kier molecular flexibility index (Phi) is 3.61. The first-order valence-corrected chi connectivity index (χ1v) is 8.43. The standard InChI is InChI=1S/C15H12N2O5S/c18-15(11-5-7-12(8-6-11)17(19)20)16-9-10-23(21,22)14-4-2-1-3-13(14)16/h1-8H,9-10H2. The number of nitrogens with zero attached hydrogens (tertiary/aromatic N) is 2. The minimum absolute atomic E-state index is 0.0508. The van der Waals surface area contributed by atoms with Crippen molar-refractivity contribution in [3.63, 3.8) is 0 Å². The topological polar surface area (TPSA) is 97.6 Å². The fourth-order valence-electron chi connectivity index (χ4n) is 2.48. The smallest absolute Gasteiger partial charge is 0.269 e. The second kappa shape index (κ2) is 5.47. The molecular formula is C15H12N2O5S. The van der Waals surface area contributed by atoms with E-state index in [0.717, 1.165) is 0 Å². The highest BCUT2D eigenvalue weighted by Gasteiger charge is 2.31. The summed E-state index contributed by atoms with van der Waals surface area (Å²) in [6.07, 6.45) is 0. The molecule has 23 heavy (non-hydrogen) atoms. The number of amides is 1. The van der Waals surface area contributed by atoms with Crippen molar-refractivity contribution in [1.82, 2.24) is 0 Å². The lowest BCUT2D eigenvalue weighted by Gasteiger charge is -2.29. The number of anilines is 1. The zero-order valence-corrected chi connectivity index (χ0v) is 12.7. The van der Waals surface area contributed by atoms with E-state index in [1.165, 1.54) is 35.2 Å². The Hall–Kier alpha value is -2.74. The third-order valence-electron chi connectivity index (χ3n) is 3.64. The minimum atomic E-state index is -3.39. The summed E-state index contributed by atoms with van der Waals surface area (Å²) < 4.78 is 24.2. The van der Waals surface area contributed by atoms with E-state index in [1.54, 1.807) is 18.2 Å². The van der Waals surface area contributed by atoms with Gasteiger partial charge in [-0.2, -0.15) is 0 Å². The number of nitro groups is 1. The van der Waals surface area contributed by atoms with E-state index in [4.69, 9.17) is 0 Å². The number of non-ortho nitro benzene ring substituents is 1. The van der Waals surface area contributed by atoms with Crippen LogP contribution < -0.4 is 4.90 Å². The molecule has 0 spiro atoms. The van der Waals surface area contributed by atoms with Crippen LogP contribution in [0.15, 0.2) is 53.4 Å². The number of nitro benzene ring substituents is 1. The van der Waals surface area contributed by atoms with Crippen LogP contribution >= 0.6 is 0 Å². The number of sulfone groups is 1. The first-order valence-electron chi connectivity index (χ1n) is 6.78. The Balaban J connectivity index is 1.99. The average molecular weight is 332 g/mol. The maximum atomic E-state index is 12.6. The molecule has 0 bridgehead atoms. The van der Waals surface area contributed by atoms with Gasteiger partial charge in [-0.25, -0.2) is 8.42 Å². The van der Waals surface area contributed by atoms with Crippen molar-refractivity contribution in [2.75, 3.05) is 17.2 Å². The predicted molar refractivity (Wildman–Crippen MR) is 83.3 cm³/mol. The largest absolute Gasteiger partial charge is 0.306 e. The second-order valence-electron chi connectivity index (χ2n) is 5.05. The summed E-state index contributed by atoms with van der Waals surface area (Å²) in [7, 11) is -3.39. The molecule has 7 nitrogen and oxygen atoms in total. The summed E-state index contributed by atoms with van der Waals surface area (Å²) >= 11 is 0. The van der Waals surface area contributed by atoms with E-state index in [1.807, 2.05) is 0 Å². The first kappa shape index (κ1) is 15.2. The number of carbonyl (C=O) groups excluding carboxylic acids is 1. The van der Waals surface area contributed by atoms with Crippen molar-refractivity contribution in [3.05, 3.63) is 64.2 Å². The molecule has 0 saturated heterocycles. The molecule has 3 rings (SSSR count). The van der Waals surface area contributed by atoms with Crippen molar-refractivity contribution < 1.29 is 18.1 Å². The van der Waals surface area contributed by atoms with E-state index in [9.17, 15) is 23.3 Å². The third kappa shape index (κ3) is 2.68. The van der Waals surface area contributed by atoms with Crippen molar-refractivity contribution >= 4 is 27.1 Å². The van der Waals surface area contributed by atoms with Crippen LogP contribution in [0.25, 0.3) is 0 Å². The van der Waals surface area contributed by atoms with Gasteiger partial charge >= 0.3 is 0 Å². The molecular weight excluding hydrogens is 320 g/mol. The monoisotopic (exact) mass is 332 g/mol. The Morgan fingerprint density at radius 1 is 1.09 bits per heavy atom. The fraction of sp³-hybridized carbons (Fsp3) is 0.133. The van der Waals surface area contributed by atoms with E-state index < -0.39 is 14.8 Å². The van der Waals surface area contributed by atoms with Crippen molar-refractivity contribution in [2.45, 2.75) is 4.90 Å². The number of carbonyl (C=O) groups is 1. The predicted octanol–water partition coefficient (Wildman–Crippen LogP) is 2.03. The van der Waals surface area contributed by atoms with E-state index in [2.05, 4.69) is 0 Å². The van der Waals surface area contributed by atoms with Crippen LogP contribution in [0.5, 0.6) is 0 Å². The van der Waals surface area contributed by atoms with E-state index in [-0.39, 0.29) is 34.4 Å². The molecule has 0 unspecified atom stereocenters. The molecule has 1 aliphatic heterocycles. The molecule has 0 fully saturated rings. The van der Waals surface area contributed by atoms with E-state index in [0.29, 0.717) is 5.69 Å². The zero-order valence-electron chi connectivity index (χ0n) is 11.9. The Bertz CT molecular complexity index is 890. The molecule has 0 atom stereocenters. The average Bonchev–Trinajstić information content (AvgIpc) is 2.55. The summed E-state index contributed by atoms with van der Waals surface area (Å²) in [5, 5.41) is 10.7. The molecule has 2 aromatic carbocycles. The lowest BCUT2D eigenvalue weighted by molar-refractivity contribution is -0.384. The molecule has 0 aromatic heterocycles. The van der Waals surface area contributed by atoms with Gasteiger partial charge in [0.25, 0.3) is 11.6 Å². The SMILES string of the molecule is O=C(c1ccc([N+](=O)[O-])cc1)N1CCS(=O)(=O)c2ccccc21. The van der Waals surface area contributed by atoms with Crippen LogP contribution in [0, 0.1) is 10.1 Å². The molecule has 1 amide bonds. The number of hydrogen-bond donors (Lipinski definition) is 0. The van der Waals surface area contributed by atoms with Crippen molar-refractivity contribution in [3.8, 4) is 0 Å². The Morgan fingerprint density at radius 3 is 2.39 bits per heavy atom. The van der Waals surface area contributed by atoms with Crippen LogP contribution in [0.3, 0.4) is 0 Å². The van der Waals surface area contributed by atoms with Crippen LogP contribution in [-0.2, 0) is 9.84 Å². The summed E-state index contributed by atoms with van der Waals surface area (Å²) in [5.74, 6) is -0.537. The minimum Gasteiger partial charge on any atom is -0.306 e. The number of benzene rings is 2. The van der Waals surface area contributed by atoms with Crippen LogP contribution in [-0.4, -0.2) is 31.5 Å². The number of fused-ring (bicyclic) bond motifs is 1. The van der Waals surface area contributed by atoms with Crippen LogP contribution in [0.2, 0.25) is 0 Å². The summed E-state index contributed by atoms with van der Waals surface area (Å²) in [6, 6.07) is 11.6. The molecule has 2 aromatic rings. The van der Waals surface area contributed by atoms with Gasteiger partial charge in [0.05, 0.1) is 21.3 Å². The molecule has 118 valence electrons. The van der Waals surface area contributed by atoms with Gasteiger partial charge in [-0.3, -0.25) is 14.9 Å². The first-order chi connectivity index (χ1) is 10.9. The van der Waals surface area contributed by atoms with Crippen LogP contribution in [0.1, 0.15) is 10.4 Å². The van der Waals surface area contributed by atoms with Crippen molar-refractivity contribution in [1.29, 1.82) is 0 Å². The highest BCUT2D eigenvalue weighted by Crippen LogP contribution is 2.31. The van der Waals surface area contributed by atoms with Crippen LogP contribution in [0.4, 0.5) is 11.4 Å². The molecule has 0 N–H and O–H groups in total. The summed E-state index contributed by atoms with van der Waals surface area (Å²) in [6.45, 7) is 0.0508. The molecule has 0 saturated carbocycles. The Morgan fingerprint density at radius 2 is 1.74 bits per heavy atom. The lowest BCUT2D eigenvalue weighted by Crippen LogP contribution is -2.39. The van der Waals surface area contributed by atoms with Gasteiger partial charge in [0.1, 0.15) is 0 Å². The fourth-order valence-corrected chi connectivity index (χ4v) is 3.90. The quantitative estimate of drug-likeness (QED) is 0.619. The maximum Gasteiger partial charge on any atom is 0.269 e. The molecule has 0 radical (unpaired) electrons. The van der Waals surface area contributed by atoms with E-state index >= 15 is 0 Å². The van der Waals surface area contributed by atoms with Gasteiger partial charge in [0, 0.05) is 24.2 Å². The number of rotatable bonds is 2. The summed E-state index contributed by atoms with van der Waals surface area (Å²) in [5.41, 5.74) is 0.495. The Labute approximate surface area is 132 Å². The highest BCUT2D eigenvalue weighted by molar-refractivity contribution is 7.91. The molecule has 1 heterocycles. The number of para-hydroxylation sites is 1. The molecule has 0 aliphatic carbocycles. The van der Waals surface area contributed by atoms with Crippen molar-refractivity contribution in [2.24, 2.45) is 0 Å². The van der Waals surface area contributed by atoms with Gasteiger partial charge < -0.3 is 4.90 Å². The lowest BCUT2D eigenvalue weighted by atomic mass is 10.1.